The van der Waals surface area contributed by atoms with Gasteiger partial charge in [-0.15, -0.1) is 0 Å². The molecule has 0 amide bonds. The van der Waals surface area contributed by atoms with Crippen molar-refractivity contribution < 1.29 is 34.8 Å². The van der Waals surface area contributed by atoms with Crippen LogP contribution in [0.3, 0.4) is 0 Å². The molecule has 0 aromatic carbocycles. The lowest BCUT2D eigenvalue weighted by Crippen LogP contribution is -2.50. The first-order chi connectivity index (χ1) is 5.71. The maximum Gasteiger partial charge on any atom is 0.336 e. The van der Waals surface area contributed by atoms with Crippen LogP contribution in [0, 0.1) is 5.92 Å². The Kier molecular flexibility index (Phi) is 2.97. The molecule has 0 aliphatic heterocycles. The lowest BCUT2D eigenvalue weighted by atomic mass is 9.89. The lowest BCUT2D eigenvalue weighted by molar-refractivity contribution is -0.180. The van der Waals surface area contributed by atoms with E-state index in [2.05, 4.69) is 0 Å². The van der Waals surface area contributed by atoms with E-state index in [1.165, 1.54) is 0 Å². The molecular formula is C6H8O7. The Morgan fingerprint density at radius 1 is 1.08 bits per heavy atom. The fourth-order valence-corrected chi connectivity index (χ4v) is 0.710. The van der Waals surface area contributed by atoms with Crippen molar-refractivity contribution in [2.24, 2.45) is 5.92 Å². The standard InChI is InChI=1S/C6H8O7/c1-6(13,5(11)12)2(3(7)8)4(9)10/h2,13H,1H3,(H,7,8)(H,9,10)(H,11,12). The second kappa shape index (κ2) is 3.40. The van der Waals surface area contributed by atoms with Crippen molar-refractivity contribution in [2.75, 3.05) is 0 Å². The van der Waals surface area contributed by atoms with Gasteiger partial charge in [-0.25, -0.2) is 4.79 Å². The first-order valence-electron chi connectivity index (χ1n) is 3.12. The molecular weight excluding hydrogens is 184 g/mol. The minimum Gasteiger partial charge on any atom is -0.481 e. The zero-order valence-electron chi connectivity index (χ0n) is 6.59. The maximum atomic E-state index is 10.3. The van der Waals surface area contributed by atoms with Gasteiger partial charge in [0.05, 0.1) is 0 Å². The fraction of sp³-hybridized carbons (Fsp3) is 0.500. The van der Waals surface area contributed by atoms with E-state index in [1.54, 1.807) is 0 Å². The number of carboxylic acids is 3. The van der Waals surface area contributed by atoms with E-state index >= 15 is 0 Å². The lowest BCUT2D eigenvalue weighted by Gasteiger charge is -2.21. The Morgan fingerprint density at radius 2 is 1.38 bits per heavy atom. The van der Waals surface area contributed by atoms with Crippen LogP contribution in [0.4, 0.5) is 0 Å². The molecule has 1 unspecified atom stereocenters. The van der Waals surface area contributed by atoms with Crippen molar-refractivity contribution in [2.45, 2.75) is 12.5 Å². The zero-order chi connectivity index (χ0) is 10.8. The smallest absolute Gasteiger partial charge is 0.336 e. The quantitative estimate of drug-likeness (QED) is 0.403. The van der Waals surface area contributed by atoms with Crippen molar-refractivity contribution in [3.8, 4) is 0 Å². The maximum absolute atomic E-state index is 10.3. The van der Waals surface area contributed by atoms with E-state index in [0.29, 0.717) is 6.92 Å². The van der Waals surface area contributed by atoms with Crippen LogP contribution >= 0.6 is 0 Å². The molecule has 0 aliphatic rings. The molecule has 0 fully saturated rings. The first kappa shape index (κ1) is 11.4. The predicted octanol–water partition coefficient (Wildman–Crippen LogP) is -1.39. The van der Waals surface area contributed by atoms with Crippen molar-refractivity contribution in [3.05, 3.63) is 0 Å². The number of aliphatic carboxylic acids is 3. The molecule has 0 aromatic rings. The molecule has 0 saturated carbocycles. The van der Waals surface area contributed by atoms with E-state index in [0.717, 1.165) is 0 Å². The molecule has 0 bridgehead atoms. The summed E-state index contributed by atoms with van der Waals surface area (Å²) in [4.78, 5) is 30.9. The van der Waals surface area contributed by atoms with Gasteiger partial charge in [0.25, 0.3) is 0 Å². The largest absolute Gasteiger partial charge is 0.481 e. The highest BCUT2D eigenvalue weighted by molar-refractivity contribution is 6.00. The molecule has 7 nitrogen and oxygen atoms in total. The highest BCUT2D eigenvalue weighted by Crippen LogP contribution is 2.18. The number of aliphatic hydroxyl groups is 1. The predicted molar refractivity (Wildman–Crippen MR) is 37.0 cm³/mol. The molecule has 74 valence electrons. The average Bonchev–Trinajstić information content (AvgIpc) is 1.82. The van der Waals surface area contributed by atoms with E-state index in [9.17, 15) is 14.4 Å². The van der Waals surface area contributed by atoms with Crippen molar-refractivity contribution >= 4 is 17.9 Å². The van der Waals surface area contributed by atoms with Gasteiger partial charge in [-0.05, 0) is 6.92 Å². The van der Waals surface area contributed by atoms with Gasteiger partial charge < -0.3 is 20.4 Å². The molecule has 1 atom stereocenters. The third-order valence-corrected chi connectivity index (χ3v) is 1.49. The van der Waals surface area contributed by atoms with E-state index in [1.807, 2.05) is 0 Å². The summed E-state index contributed by atoms with van der Waals surface area (Å²) in [7, 11) is 0. The van der Waals surface area contributed by atoms with Gasteiger partial charge in [0.1, 0.15) is 0 Å². The van der Waals surface area contributed by atoms with Crippen LogP contribution in [0.25, 0.3) is 0 Å². The summed E-state index contributed by atoms with van der Waals surface area (Å²) < 4.78 is 0. The summed E-state index contributed by atoms with van der Waals surface area (Å²) >= 11 is 0. The number of hydrogen-bond donors (Lipinski definition) is 4. The summed E-state index contributed by atoms with van der Waals surface area (Å²) in [5.74, 6) is -8.09. The Labute approximate surface area is 72.2 Å². The van der Waals surface area contributed by atoms with E-state index in [4.69, 9.17) is 20.4 Å². The Hall–Kier alpha value is -1.63. The monoisotopic (exact) mass is 192 g/mol. The van der Waals surface area contributed by atoms with E-state index in [-0.39, 0.29) is 0 Å². The normalized spacial score (nSPS) is 15.0. The topological polar surface area (TPSA) is 132 Å². The molecule has 4 N–H and O–H groups in total. The summed E-state index contributed by atoms with van der Waals surface area (Å²) in [5, 5.41) is 34.0. The first-order valence-corrected chi connectivity index (χ1v) is 3.12. The molecule has 0 heterocycles. The summed E-state index contributed by atoms with van der Waals surface area (Å²) in [6.45, 7) is 0.613. The highest BCUT2D eigenvalue weighted by atomic mass is 16.4. The van der Waals surface area contributed by atoms with Crippen LogP contribution in [0.1, 0.15) is 6.92 Å². The molecule has 0 radical (unpaired) electrons. The van der Waals surface area contributed by atoms with Crippen LogP contribution in [0.2, 0.25) is 0 Å². The molecule has 0 spiro atoms. The van der Waals surface area contributed by atoms with Crippen LogP contribution in [0.5, 0.6) is 0 Å². The van der Waals surface area contributed by atoms with Crippen LogP contribution in [-0.2, 0) is 14.4 Å². The fourth-order valence-electron chi connectivity index (χ4n) is 0.710. The van der Waals surface area contributed by atoms with Crippen LogP contribution in [0.15, 0.2) is 0 Å². The van der Waals surface area contributed by atoms with Crippen molar-refractivity contribution in [1.82, 2.24) is 0 Å². The summed E-state index contributed by atoms with van der Waals surface area (Å²) in [6, 6.07) is 0. The number of hydrogen-bond acceptors (Lipinski definition) is 4. The molecule has 0 aliphatic carbocycles. The number of carboxylic acid groups (broad SMARTS) is 3. The van der Waals surface area contributed by atoms with Gasteiger partial charge >= 0.3 is 17.9 Å². The molecule has 7 heteroatoms. The minimum atomic E-state index is -2.82. The summed E-state index contributed by atoms with van der Waals surface area (Å²) in [5.41, 5.74) is -2.82. The Bertz CT molecular complexity index is 240. The molecule has 0 aromatic heterocycles. The Balaban J connectivity index is 5.06. The highest BCUT2D eigenvalue weighted by Gasteiger charge is 2.49. The van der Waals surface area contributed by atoms with Gasteiger partial charge in [-0.3, -0.25) is 9.59 Å². The molecule has 0 saturated heterocycles. The number of rotatable bonds is 4. The SMILES string of the molecule is CC(O)(C(=O)O)C(C(=O)O)C(=O)O. The zero-order valence-corrected chi connectivity index (χ0v) is 6.59. The van der Waals surface area contributed by atoms with Crippen molar-refractivity contribution in [1.29, 1.82) is 0 Å². The third kappa shape index (κ3) is 2.15. The van der Waals surface area contributed by atoms with E-state index < -0.39 is 29.4 Å². The van der Waals surface area contributed by atoms with Crippen LogP contribution in [-0.4, -0.2) is 43.9 Å². The van der Waals surface area contributed by atoms with Gasteiger partial charge in [0.15, 0.2) is 11.5 Å². The van der Waals surface area contributed by atoms with Crippen molar-refractivity contribution in [3.63, 3.8) is 0 Å². The number of carbonyl (C=O) groups is 3. The van der Waals surface area contributed by atoms with Crippen LogP contribution < -0.4 is 0 Å². The second-order valence-electron chi connectivity index (χ2n) is 2.56. The third-order valence-electron chi connectivity index (χ3n) is 1.49. The van der Waals surface area contributed by atoms with Gasteiger partial charge in [0, 0.05) is 0 Å². The summed E-state index contributed by atoms with van der Waals surface area (Å²) in [6.07, 6.45) is 0. The Morgan fingerprint density at radius 3 is 1.46 bits per heavy atom. The molecule has 13 heavy (non-hydrogen) atoms. The molecule has 0 rings (SSSR count). The second-order valence-corrected chi connectivity index (χ2v) is 2.56. The minimum absolute atomic E-state index is 0.613. The van der Waals surface area contributed by atoms with Gasteiger partial charge in [0.2, 0.25) is 0 Å². The van der Waals surface area contributed by atoms with Gasteiger partial charge in [-0.2, -0.15) is 0 Å². The average molecular weight is 192 g/mol. The van der Waals surface area contributed by atoms with Gasteiger partial charge in [-0.1, -0.05) is 0 Å².